The number of hydrogen-bond donors (Lipinski definition) is 2. The van der Waals surface area contributed by atoms with Gasteiger partial charge >= 0.3 is 0 Å². The summed E-state index contributed by atoms with van der Waals surface area (Å²) in [6.07, 6.45) is 1.63. The van der Waals surface area contributed by atoms with Gasteiger partial charge in [-0.25, -0.2) is 0 Å². The monoisotopic (exact) mass is 341 g/mol. The molecular weight excluding hydrogens is 326 g/mol. The van der Waals surface area contributed by atoms with Crippen LogP contribution in [-0.2, 0) is 0 Å². The molecule has 0 bridgehead atoms. The van der Waals surface area contributed by atoms with Gasteiger partial charge in [0, 0.05) is 17.1 Å². The van der Waals surface area contributed by atoms with E-state index in [2.05, 4.69) is 15.8 Å². The van der Waals surface area contributed by atoms with Crippen LogP contribution in [0, 0.1) is 0 Å². The first kappa shape index (κ1) is 15.8. The number of amides is 2. The van der Waals surface area contributed by atoms with Gasteiger partial charge in [-0.2, -0.15) is 0 Å². The SMILES string of the molecule is O=C(NNC(=O)c1cccc2cccnc12)c1cccc2ccccc12. The van der Waals surface area contributed by atoms with Gasteiger partial charge in [0.25, 0.3) is 11.8 Å². The molecule has 0 aliphatic rings. The van der Waals surface area contributed by atoms with E-state index in [0.29, 0.717) is 16.6 Å². The second-order valence-electron chi connectivity index (χ2n) is 5.82. The predicted octanol–water partition coefficient (Wildman–Crippen LogP) is 3.46. The van der Waals surface area contributed by atoms with E-state index in [9.17, 15) is 9.59 Å². The molecule has 0 unspecified atom stereocenters. The second-order valence-corrected chi connectivity index (χ2v) is 5.82. The van der Waals surface area contributed by atoms with E-state index in [1.54, 1.807) is 24.4 Å². The Morgan fingerprint density at radius 3 is 2.12 bits per heavy atom. The lowest BCUT2D eigenvalue weighted by molar-refractivity contribution is 0.0848. The first-order valence-electron chi connectivity index (χ1n) is 8.16. The second kappa shape index (κ2) is 6.64. The smallest absolute Gasteiger partial charge is 0.267 e. The molecule has 4 aromatic rings. The maximum absolute atomic E-state index is 12.5. The number of rotatable bonds is 2. The molecule has 0 radical (unpaired) electrons. The molecule has 4 rings (SSSR count). The summed E-state index contributed by atoms with van der Waals surface area (Å²) >= 11 is 0. The molecule has 2 amide bonds. The summed E-state index contributed by atoms with van der Waals surface area (Å²) in [7, 11) is 0. The summed E-state index contributed by atoms with van der Waals surface area (Å²) in [6, 6.07) is 22.1. The fourth-order valence-corrected chi connectivity index (χ4v) is 2.96. The van der Waals surface area contributed by atoms with Crippen LogP contribution in [0.2, 0.25) is 0 Å². The Bertz CT molecular complexity index is 1040. The lowest BCUT2D eigenvalue weighted by Crippen LogP contribution is -2.41. The lowest BCUT2D eigenvalue weighted by Gasteiger charge is -2.10. The number of carbonyl (C=O) groups excluding carboxylic acids is 2. The average Bonchev–Trinajstić information content (AvgIpc) is 2.71. The van der Waals surface area contributed by atoms with Crippen LogP contribution in [0.15, 0.2) is 79.0 Å². The van der Waals surface area contributed by atoms with Crippen LogP contribution in [0.1, 0.15) is 20.7 Å². The number of hydrogen-bond acceptors (Lipinski definition) is 3. The van der Waals surface area contributed by atoms with Crippen molar-refractivity contribution in [2.45, 2.75) is 0 Å². The molecule has 2 N–H and O–H groups in total. The third-order valence-corrected chi connectivity index (χ3v) is 4.20. The van der Waals surface area contributed by atoms with Gasteiger partial charge in [0.1, 0.15) is 0 Å². The minimum absolute atomic E-state index is 0.372. The summed E-state index contributed by atoms with van der Waals surface area (Å²) in [6.45, 7) is 0. The number of aromatic nitrogens is 1. The Labute approximate surface area is 149 Å². The predicted molar refractivity (Wildman–Crippen MR) is 101 cm³/mol. The van der Waals surface area contributed by atoms with Crippen molar-refractivity contribution in [2.24, 2.45) is 0 Å². The maximum Gasteiger partial charge on any atom is 0.271 e. The number of hydrazine groups is 1. The molecule has 1 heterocycles. The van der Waals surface area contributed by atoms with Gasteiger partial charge in [-0.05, 0) is 29.0 Å². The van der Waals surface area contributed by atoms with Crippen LogP contribution in [0.5, 0.6) is 0 Å². The van der Waals surface area contributed by atoms with E-state index < -0.39 is 5.91 Å². The number of para-hydroxylation sites is 1. The fourth-order valence-electron chi connectivity index (χ4n) is 2.96. The van der Waals surface area contributed by atoms with Crippen LogP contribution >= 0.6 is 0 Å². The Morgan fingerprint density at radius 1 is 0.654 bits per heavy atom. The van der Waals surface area contributed by atoms with E-state index in [1.807, 2.05) is 54.6 Å². The highest BCUT2D eigenvalue weighted by Crippen LogP contribution is 2.18. The van der Waals surface area contributed by atoms with Gasteiger partial charge in [-0.3, -0.25) is 25.4 Å². The largest absolute Gasteiger partial charge is 0.271 e. The molecule has 26 heavy (non-hydrogen) atoms. The quantitative estimate of drug-likeness (QED) is 0.549. The first-order chi connectivity index (χ1) is 12.7. The molecule has 0 aliphatic heterocycles. The van der Waals surface area contributed by atoms with Crippen LogP contribution < -0.4 is 10.9 Å². The minimum Gasteiger partial charge on any atom is -0.267 e. The van der Waals surface area contributed by atoms with Crippen molar-refractivity contribution < 1.29 is 9.59 Å². The molecule has 3 aromatic carbocycles. The molecule has 5 heteroatoms. The number of carbonyl (C=O) groups is 2. The Kier molecular flexibility index (Phi) is 4.03. The fraction of sp³-hybridized carbons (Fsp3) is 0. The van der Waals surface area contributed by atoms with Gasteiger partial charge in [0.2, 0.25) is 0 Å². The zero-order valence-electron chi connectivity index (χ0n) is 13.8. The van der Waals surface area contributed by atoms with E-state index in [0.717, 1.165) is 16.2 Å². The summed E-state index contributed by atoms with van der Waals surface area (Å²) in [5.41, 5.74) is 6.46. The Hall–Kier alpha value is -3.73. The van der Waals surface area contributed by atoms with Crippen molar-refractivity contribution in [1.29, 1.82) is 0 Å². The van der Waals surface area contributed by atoms with Crippen molar-refractivity contribution >= 4 is 33.5 Å². The minimum atomic E-state index is -0.414. The average molecular weight is 341 g/mol. The summed E-state index contributed by atoms with van der Waals surface area (Å²) in [4.78, 5) is 29.3. The molecular formula is C21H15N3O2. The third-order valence-electron chi connectivity index (χ3n) is 4.20. The maximum atomic E-state index is 12.5. The van der Waals surface area contributed by atoms with Crippen LogP contribution in [0.3, 0.4) is 0 Å². The topological polar surface area (TPSA) is 71.1 Å². The van der Waals surface area contributed by atoms with Crippen molar-refractivity contribution in [3.63, 3.8) is 0 Å². The molecule has 0 saturated carbocycles. The Balaban J connectivity index is 1.56. The van der Waals surface area contributed by atoms with E-state index in [4.69, 9.17) is 0 Å². The van der Waals surface area contributed by atoms with Crippen LogP contribution in [0.25, 0.3) is 21.7 Å². The lowest BCUT2D eigenvalue weighted by atomic mass is 10.0. The number of pyridine rings is 1. The number of nitrogens with zero attached hydrogens (tertiary/aromatic N) is 1. The number of benzene rings is 3. The third kappa shape index (κ3) is 2.86. The van der Waals surface area contributed by atoms with Crippen molar-refractivity contribution in [3.8, 4) is 0 Å². The molecule has 0 aliphatic carbocycles. The van der Waals surface area contributed by atoms with Gasteiger partial charge in [-0.1, -0.05) is 54.6 Å². The first-order valence-corrected chi connectivity index (χ1v) is 8.16. The van der Waals surface area contributed by atoms with Gasteiger partial charge < -0.3 is 0 Å². The number of nitrogens with one attached hydrogen (secondary N) is 2. The van der Waals surface area contributed by atoms with Crippen molar-refractivity contribution in [1.82, 2.24) is 15.8 Å². The zero-order valence-corrected chi connectivity index (χ0v) is 13.8. The van der Waals surface area contributed by atoms with Crippen molar-refractivity contribution in [3.05, 3.63) is 90.1 Å². The van der Waals surface area contributed by atoms with E-state index in [1.165, 1.54) is 0 Å². The van der Waals surface area contributed by atoms with Crippen LogP contribution in [0.4, 0.5) is 0 Å². The molecule has 126 valence electrons. The van der Waals surface area contributed by atoms with Crippen molar-refractivity contribution in [2.75, 3.05) is 0 Å². The van der Waals surface area contributed by atoms with Gasteiger partial charge in [-0.15, -0.1) is 0 Å². The van der Waals surface area contributed by atoms with Gasteiger partial charge in [0.15, 0.2) is 0 Å². The Morgan fingerprint density at radius 2 is 1.27 bits per heavy atom. The molecule has 0 saturated heterocycles. The normalized spacial score (nSPS) is 10.6. The summed E-state index contributed by atoms with van der Waals surface area (Å²) in [5, 5.41) is 2.65. The van der Waals surface area contributed by atoms with Crippen LogP contribution in [-0.4, -0.2) is 16.8 Å². The summed E-state index contributed by atoms with van der Waals surface area (Å²) < 4.78 is 0. The van der Waals surface area contributed by atoms with E-state index in [-0.39, 0.29) is 5.91 Å². The highest BCUT2D eigenvalue weighted by molar-refractivity contribution is 6.09. The zero-order chi connectivity index (χ0) is 17.9. The van der Waals surface area contributed by atoms with Gasteiger partial charge in [0.05, 0.1) is 11.1 Å². The summed E-state index contributed by atoms with van der Waals surface area (Å²) in [5.74, 6) is -0.786. The number of fused-ring (bicyclic) bond motifs is 2. The van der Waals surface area contributed by atoms with E-state index >= 15 is 0 Å². The molecule has 0 spiro atoms. The molecule has 1 aromatic heterocycles. The highest BCUT2D eigenvalue weighted by atomic mass is 16.2. The molecule has 0 fully saturated rings. The highest BCUT2D eigenvalue weighted by Gasteiger charge is 2.14. The molecule has 5 nitrogen and oxygen atoms in total. The standard InChI is InChI=1S/C21H15N3O2/c25-20(17-11-3-7-14-6-1-2-10-16(14)17)23-24-21(26)18-12-4-8-15-9-5-13-22-19(15)18/h1-13H,(H,23,25)(H,24,26). The molecule has 0 atom stereocenters.